The number of hydrogen-bond acceptors (Lipinski definition) is 4. The molecule has 122 valence electrons. The number of rotatable bonds is 6. The first kappa shape index (κ1) is 16.5. The third-order valence-electron chi connectivity index (χ3n) is 3.95. The Morgan fingerprint density at radius 2 is 1.77 bits per heavy atom. The van der Waals surface area contributed by atoms with Crippen LogP contribution >= 0.6 is 0 Å². The number of methoxy groups -OCH3 is 2. The zero-order valence-electron chi connectivity index (χ0n) is 13.4. The lowest BCUT2D eigenvalue weighted by molar-refractivity contribution is -0.123. The van der Waals surface area contributed by atoms with Crippen LogP contribution in [0.3, 0.4) is 0 Å². The Morgan fingerprint density at radius 1 is 1.09 bits per heavy atom. The summed E-state index contributed by atoms with van der Waals surface area (Å²) in [5.41, 5.74) is 0. The quantitative estimate of drug-likeness (QED) is 0.821. The third kappa shape index (κ3) is 4.55. The maximum absolute atomic E-state index is 12.0. The highest BCUT2D eigenvalue weighted by molar-refractivity contribution is 5.78. The van der Waals surface area contributed by atoms with Crippen LogP contribution in [0.25, 0.3) is 0 Å². The van der Waals surface area contributed by atoms with Gasteiger partial charge in [-0.3, -0.25) is 4.79 Å². The zero-order valence-corrected chi connectivity index (χ0v) is 13.4. The van der Waals surface area contributed by atoms with E-state index < -0.39 is 0 Å². The maximum atomic E-state index is 12.0. The summed E-state index contributed by atoms with van der Waals surface area (Å²) in [6.45, 7) is -0.0139. The van der Waals surface area contributed by atoms with E-state index in [0.717, 1.165) is 12.8 Å². The van der Waals surface area contributed by atoms with E-state index in [4.69, 9.17) is 14.2 Å². The number of nitrogens with one attached hydrogen (secondary N) is 1. The Hall–Kier alpha value is -1.91. The first-order valence-electron chi connectivity index (χ1n) is 7.87. The van der Waals surface area contributed by atoms with Crippen molar-refractivity contribution in [3.8, 4) is 17.2 Å². The summed E-state index contributed by atoms with van der Waals surface area (Å²) in [7, 11) is 3.12. The van der Waals surface area contributed by atoms with Crippen molar-refractivity contribution in [1.82, 2.24) is 5.32 Å². The highest BCUT2D eigenvalue weighted by Crippen LogP contribution is 2.36. The summed E-state index contributed by atoms with van der Waals surface area (Å²) in [5, 5.41) is 3.06. The van der Waals surface area contributed by atoms with E-state index in [0.29, 0.717) is 17.2 Å². The van der Waals surface area contributed by atoms with Crippen molar-refractivity contribution in [1.29, 1.82) is 0 Å². The molecule has 0 saturated heterocycles. The number of carbonyl (C=O) groups excluding carboxylic acids is 1. The van der Waals surface area contributed by atoms with Gasteiger partial charge in [-0.25, -0.2) is 0 Å². The van der Waals surface area contributed by atoms with Gasteiger partial charge in [0.1, 0.15) is 0 Å². The predicted octanol–water partition coefficient (Wildman–Crippen LogP) is 2.92. The van der Waals surface area contributed by atoms with Crippen LogP contribution in [-0.2, 0) is 4.79 Å². The molecule has 5 heteroatoms. The van der Waals surface area contributed by atoms with Gasteiger partial charge in [0.05, 0.1) is 14.2 Å². The summed E-state index contributed by atoms with van der Waals surface area (Å²) < 4.78 is 16.1. The molecule has 0 unspecified atom stereocenters. The van der Waals surface area contributed by atoms with Gasteiger partial charge in [-0.2, -0.15) is 0 Å². The normalized spacial score (nSPS) is 15.7. The van der Waals surface area contributed by atoms with Gasteiger partial charge in [-0.15, -0.1) is 0 Å². The molecule has 1 saturated carbocycles. The van der Waals surface area contributed by atoms with Crippen molar-refractivity contribution in [2.24, 2.45) is 0 Å². The molecule has 0 aliphatic heterocycles. The Labute approximate surface area is 131 Å². The van der Waals surface area contributed by atoms with Gasteiger partial charge in [0.25, 0.3) is 5.91 Å². The van der Waals surface area contributed by atoms with Gasteiger partial charge < -0.3 is 19.5 Å². The Bertz CT molecular complexity index is 482. The molecular formula is C17H25NO4. The fourth-order valence-electron chi connectivity index (χ4n) is 2.81. The molecule has 1 aliphatic carbocycles. The van der Waals surface area contributed by atoms with E-state index in [1.54, 1.807) is 32.4 Å². The first-order chi connectivity index (χ1) is 10.7. The van der Waals surface area contributed by atoms with Crippen molar-refractivity contribution >= 4 is 5.91 Å². The number of hydrogen-bond donors (Lipinski definition) is 1. The van der Waals surface area contributed by atoms with Crippen LogP contribution < -0.4 is 19.5 Å². The lowest BCUT2D eigenvalue weighted by atomic mass is 10.1. The largest absolute Gasteiger partial charge is 0.493 e. The molecule has 1 N–H and O–H groups in total. The van der Waals surface area contributed by atoms with Crippen molar-refractivity contribution in [3.63, 3.8) is 0 Å². The van der Waals surface area contributed by atoms with Crippen LogP contribution in [0, 0.1) is 0 Å². The van der Waals surface area contributed by atoms with E-state index in [1.165, 1.54) is 25.7 Å². The van der Waals surface area contributed by atoms with Crippen LogP contribution in [0.2, 0.25) is 0 Å². The van der Waals surface area contributed by atoms with E-state index >= 15 is 0 Å². The Kier molecular flexibility index (Phi) is 6.37. The summed E-state index contributed by atoms with van der Waals surface area (Å²) in [6.07, 6.45) is 7.04. The SMILES string of the molecule is COc1cccc(OCC(=O)NC2CCCCCC2)c1OC. The number of carbonyl (C=O) groups is 1. The minimum absolute atomic E-state index is 0.0139. The number of ether oxygens (including phenoxy) is 3. The fraction of sp³-hybridized carbons (Fsp3) is 0.588. The second-order valence-electron chi connectivity index (χ2n) is 5.54. The summed E-state index contributed by atoms with van der Waals surface area (Å²) in [5.74, 6) is 1.52. The second-order valence-corrected chi connectivity index (χ2v) is 5.54. The van der Waals surface area contributed by atoms with E-state index in [9.17, 15) is 4.79 Å². The molecule has 2 rings (SSSR count). The molecule has 0 aromatic heterocycles. The molecule has 0 radical (unpaired) electrons. The van der Waals surface area contributed by atoms with E-state index in [1.807, 2.05) is 0 Å². The first-order valence-corrected chi connectivity index (χ1v) is 7.87. The van der Waals surface area contributed by atoms with Crippen LogP contribution in [0.15, 0.2) is 18.2 Å². The summed E-state index contributed by atoms with van der Waals surface area (Å²) in [4.78, 5) is 12.0. The molecule has 5 nitrogen and oxygen atoms in total. The van der Waals surface area contributed by atoms with Crippen molar-refractivity contribution in [2.75, 3.05) is 20.8 Å². The minimum Gasteiger partial charge on any atom is -0.493 e. The second kappa shape index (κ2) is 8.51. The van der Waals surface area contributed by atoms with Gasteiger partial charge in [-0.05, 0) is 25.0 Å². The molecule has 0 bridgehead atoms. The molecule has 0 heterocycles. The Morgan fingerprint density at radius 3 is 2.41 bits per heavy atom. The van der Waals surface area contributed by atoms with Gasteiger partial charge in [0.2, 0.25) is 5.75 Å². The smallest absolute Gasteiger partial charge is 0.258 e. The Balaban J connectivity index is 1.88. The number of amides is 1. The number of benzene rings is 1. The molecule has 1 aromatic carbocycles. The maximum Gasteiger partial charge on any atom is 0.258 e. The molecule has 1 amide bonds. The lowest BCUT2D eigenvalue weighted by Gasteiger charge is -2.17. The standard InChI is InChI=1S/C17H25NO4/c1-20-14-10-7-11-15(17(14)21-2)22-12-16(19)18-13-8-5-3-4-6-9-13/h7,10-11,13H,3-6,8-9,12H2,1-2H3,(H,18,19). The van der Waals surface area contributed by atoms with Crippen LogP contribution in [0.4, 0.5) is 0 Å². The minimum atomic E-state index is -0.0863. The molecular weight excluding hydrogens is 282 g/mol. The summed E-state index contributed by atoms with van der Waals surface area (Å²) in [6, 6.07) is 5.64. The van der Waals surface area contributed by atoms with Crippen molar-refractivity contribution < 1.29 is 19.0 Å². The van der Waals surface area contributed by atoms with Gasteiger partial charge in [0.15, 0.2) is 18.1 Å². The summed E-state index contributed by atoms with van der Waals surface area (Å²) >= 11 is 0. The predicted molar refractivity (Wildman–Crippen MR) is 84.7 cm³/mol. The monoisotopic (exact) mass is 307 g/mol. The fourth-order valence-corrected chi connectivity index (χ4v) is 2.81. The van der Waals surface area contributed by atoms with Gasteiger partial charge in [-0.1, -0.05) is 31.7 Å². The molecule has 22 heavy (non-hydrogen) atoms. The van der Waals surface area contributed by atoms with Gasteiger partial charge >= 0.3 is 0 Å². The topological polar surface area (TPSA) is 56.8 Å². The van der Waals surface area contributed by atoms with Crippen molar-refractivity contribution in [2.45, 2.75) is 44.6 Å². The molecule has 0 spiro atoms. The van der Waals surface area contributed by atoms with E-state index in [-0.39, 0.29) is 18.6 Å². The van der Waals surface area contributed by atoms with Crippen LogP contribution in [0.1, 0.15) is 38.5 Å². The highest BCUT2D eigenvalue weighted by Gasteiger charge is 2.16. The highest BCUT2D eigenvalue weighted by atomic mass is 16.5. The van der Waals surface area contributed by atoms with Crippen LogP contribution in [-0.4, -0.2) is 32.8 Å². The molecule has 1 aromatic rings. The zero-order chi connectivity index (χ0) is 15.8. The average Bonchev–Trinajstić information content (AvgIpc) is 2.81. The van der Waals surface area contributed by atoms with E-state index in [2.05, 4.69) is 5.32 Å². The lowest BCUT2D eigenvalue weighted by Crippen LogP contribution is -2.37. The van der Waals surface area contributed by atoms with Crippen molar-refractivity contribution in [3.05, 3.63) is 18.2 Å². The average molecular weight is 307 g/mol. The molecule has 1 fully saturated rings. The van der Waals surface area contributed by atoms with Gasteiger partial charge in [0, 0.05) is 6.04 Å². The third-order valence-corrected chi connectivity index (χ3v) is 3.95. The van der Waals surface area contributed by atoms with Crippen LogP contribution in [0.5, 0.6) is 17.2 Å². The molecule has 1 aliphatic rings. The number of para-hydroxylation sites is 1. The molecule has 0 atom stereocenters.